The monoisotopic (exact) mass is 491 g/mol. The molecule has 2 N–H and O–H groups in total. The van der Waals surface area contributed by atoms with Crippen molar-refractivity contribution in [3.63, 3.8) is 0 Å². The third kappa shape index (κ3) is 6.23. The second kappa shape index (κ2) is 10.9. The SMILES string of the molecule is CN=C(NCC(C)c1ccc(F)cc1F)Nc1ccc(OC)c(OC)c1.I. The second-order valence-corrected chi connectivity index (χ2v) is 5.71. The van der Waals surface area contributed by atoms with Gasteiger partial charge in [0.15, 0.2) is 17.5 Å². The van der Waals surface area contributed by atoms with E-state index in [0.717, 1.165) is 11.8 Å². The van der Waals surface area contributed by atoms with Crippen LogP contribution in [-0.4, -0.2) is 33.8 Å². The van der Waals surface area contributed by atoms with Gasteiger partial charge in [0.05, 0.1) is 14.2 Å². The van der Waals surface area contributed by atoms with Gasteiger partial charge in [-0.05, 0) is 23.8 Å². The molecule has 0 aliphatic carbocycles. The van der Waals surface area contributed by atoms with E-state index in [-0.39, 0.29) is 29.9 Å². The lowest BCUT2D eigenvalue weighted by molar-refractivity contribution is 0.355. The van der Waals surface area contributed by atoms with Gasteiger partial charge in [0.2, 0.25) is 0 Å². The molecule has 0 aliphatic heterocycles. The van der Waals surface area contributed by atoms with Gasteiger partial charge in [-0.15, -0.1) is 24.0 Å². The van der Waals surface area contributed by atoms with Gasteiger partial charge in [-0.2, -0.15) is 0 Å². The summed E-state index contributed by atoms with van der Waals surface area (Å²) in [5, 5.41) is 6.27. The summed E-state index contributed by atoms with van der Waals surface area (Å²) in [6.07, 6.45) is 0. The van der Waals surface area contributed by atoms with Crippen molar-refractivity contribution in [1.82, 2.24) is 5.32 Å². The van der Waals surface area contributed by atoms with Crippen LogP contribution in [0.4, 0.5) is 14.5 Å². The Morgan fingerprint density at radius 3 is 2.37 bits per heavy atom. The maximum atomic E-state index is 13.9. The first kappa shape index (κ1) is 22.9. The first-order valence-electron chi connectivity index (χ1n) is 8.13. The van der Waals surface area contributed by atoms with Crippen LogP contribution < -0.4 is 20.1 Å². The van der Waals surface area contributed by atoms with Crippen LogP contribution in [0.3, 0.4) is 0 Å². The van der Waals surface area contributed by atoms with Gasteiger partial charge in [0, 0.05) is 37.3 Å². The van der Waals surface area contributed by atoms with E-state index < -0.39 is 11.6 Å². The van der Waals surface area contributed by atoms with Crippen molar-refractivity contribution in [1.29, 1.82) is 0 Å². The van der Waals surface area contributed by atoms with E-state index in [1.165, 1.54) is 12.1 Å². The van der Waals surface area contributed by atoms with E-state index >= 15 is 0 Å². The Labute approximate surface area is 175 Å². The number of benzene rings is 2. The van der Waals surface area contributed by atoms with Gasteiger partial charge in [-0.1, -0.05) is 13.0 Å². The maximum Gasteiger partial charge on any atom is 0.195 e. The Bertz CT molecular complexity index is 788. The topological polar surface area (TPSA) is 54.9 Å². The Hall–Kier alpha value is -2.10. The molecule has 0 radical (unpaired) electrons. The average molecular weight is 491 g/mol. The number of nitrogens with zero attached hydrogens (tertiary/aromatic N) is 1. The molecule has 0 bridgehead atoms. The molecule has 0 heterocycles. The largest absolute Gasteiger partial charge is 0.493 e. The van der Waals surface area contributed by atoms with Gasteiger partial charge in [0.25, 0.3) is 0 Å². The summed E-state index contributed by atoms with van der Waals surface area (Å²) in [7, 11) is 4.77. The number of hydrogen-bond acceptors (Lipinski definition) is 3. The first-order valence-corrected chi connectivity index (χ1v) is 8.13. The highest BCUT2D eigenvalue weighted by atomic mass is 127. The molecular formula is C19H24F2IN3O2. The van der Waals surface area contributed by atoms with Gasteiger partial charge >= 0.3 is 0 Å². The van der Waals surface area contributed by atoms with Crippen molar-refractivity contribution >= 4 is 35.6 Å². The predicted octanol–water partition coefficient (Wildman–Crippen LogP) is 4.39. The molecule has 0 fully saturated rings. The molecule has 2 aromatic carbocycles. The molecule has 0 saturated heterocycles. The van der Waals surface area contributed by atoms with Gasteiger partial charge in [0.1, 0.15) is 11.6 Å². The fraction of sp³-hybridized carbons (Fsp3) is 0.316. The first-order chi connectivity index (χ1) is 12.5. The van der Waals surface area contributed by atoms with Crippen LogP contribution in [0.25, 0.3) is 0 Å². The van der Waals surface area contributed by atoms with Crippen LogP contribution in [0.1, 0.15) is 18.4 Å². The number of halogens is 3. The van der Waals surface area contributed by atoms with Crippen LogP contribution in [-0.2, 0) is 0 Å². The summed E-state index contributed by atoms with van der Waals surface area (Å²) in [4.78, 5) is 4.15. The molecule has 0 spiro atoms. The molecule has 0 saturated carbocycles. The molecule has 1 unspecified atom stereocenters. The molecule has 27 heavy (non-hydrogen) atoms. The standard InChI is InChI=1S/C19H23F2N3O2.HI/c1-12(15-7-5-13(20)9-16(15)21)11-23-19(22-2)24-14-6-8-17(25-3)18(10-14)26-4;/h5-10,12H,11H2,1-4H3,(H2,22,23,24);1H. The molecule has 8 heteroatoms. The van der Waals surface area contributed by atoms with E-state index in [2.05, 4.69) is 15.6 Å². The lowest BCUT2D eigenvalue weighted by Gasteiger charge is -2.17. The molecule has 148 valence electrons. The molecule has 0 aromatic heterocycles. The molecule has 2 aromatic rings. The number of anilines is 1. The molecule has 0 aliphatic rings. The van der Waals surface area contributed by atoms with Gasteiger partial charge in [-0.25, -0.2) is 8.78 Å². The van der Waals surface area contributed by atoms with Crippen molar-refractivity contribution in [2.45, 2.75) is 12.8 Å². The minimum Gasteiger partial charge on any atom is -0.493 e. The number of aliphatic imine (C=N–C) groups is 1. The summed E-state index contributed by atoms with van der Waals surface area (Å²) in [6, 6.07) is 9.01. The van der Waals surface area contributed by atoms with Crippen molar-refractivity contribution in [2.24, 2.45) is 4.99 Å². The highest BCUT2D eigenvalue weighted by molar-refractivity contribution is 14.0. The number of hydrogen-bond donors (Lipinski definition) is 2. The van der Waals surface area contributed by atoms with Crippen molar-refractivity contribution in [2.75, 3.05) is 33.1 Å². The van der Waals surface area contributed by atoms with Crippen LogP contribution in [0, 0.1) is 11.6 Å². The molecule has 2 rings (SSSR count). The molecule has 1 atom stereocenters. The van der Waals surface area contributed by atoms with E-state index in [4.69, 9.17) is 9.47 Å². The van der Waals surface area contributed by atoms with Crippen LogP contribution >= 0.6 is 24.0 Å². The van der Waals surface area contributed by atoms with Crippen LogP contribution in [0.5, 0.6) is 11.5 Å². The summed E-state index contributed by atoms with van der Waals surface area (Å²) >= 11 is 0. The molecule has 5 nitrogen and oxygen atoms in total. The van der Waals surface area contributed by atoms with E-state index in [9.17, 15) is 8.78 Å². The summed E-state index contributed by atoms with van der Waals surface area (Å²) in [6.45, 7) is 2.28. The zero-order valence-electron chi connectivity index (χ0n) is 15.7. The predicted molar refractivity (Wildman–Crippen MR) is 115 cm³/mol. The zero-order chi connectivity index (χ0) is 19.1. The van der Waals surface area contributed by atoms with Crippen molar-refractivity contribution < 1.29 is 18.3 Å². The number of ether oxygens (including phenoxy) is 2. The fourth-order valence-electron chi connectivity index (χ4n) is 2.49. The number of rotatable bonds is 6. The number of guanidine groups is 1. The fourth-order valence-corrected chi connectivity index (χ4v) is 2.49. The summed E-state index contributed by atoms with van der Waals surface area (Å²) in [5.41, 5.74) is 1.21. The number of nitrogens with one attached hydrogen (secondary N) is 2. The smallest absolute Gasteiger partial charge is 0.195 e. The second-order valence-electron chi connectivity index (χ2n) is 5.71. The average Bonchev–Trinajstić information content (AvgIpc) is 2.64. The maximum absolute atomic E-state index is 13.9. The summed E-state index contributed by atoms with van der Waals surface area (Å²) in [5.74, 6) is 0.432. The molecular weight excluding hydrogens is 467 g/mol. The van der Waals surface area contributed by atoms with Gasteiger partial charge in [-0.3, -0.25) is 4.99 Å². The lowest BCUT2D eigenvalue weighted by Crippen LogP contribution is -2.33. The Morgan fingerprint density at radius 1 is 1.07 bits per heavy atom. The Kier molecular flexibility index (Phi) is 9.27. The normalized spacial score (nSPS) is 12.0. The zero-order valence-corrected chi connectivity index (χ0v) is 18.0. The van der Waals surface area contributed by atoms with Crippen LogP contribution in [0.15, 0.2) is 41.4 Å². The van der Waals surface area contributed by atoms with E-state index in [0.29, 0.717) is 29.6 Å². The third-order valence-corrected chi connectivity index (χ3v) is 3.94. The van der Waals surface area contributed by atoms with Crippen LogP contribution in [0.2, 0.25) is 0 Å². The van der Waals surface area contributed by atoms with Crippen molar-refractivity contribution in [3.8, 4) is 11.5 Å². The minimum absolute atomic E-state index is 0. The van der Waals surface area contributed by atoms with E-state index in [1.54, 1.807) is 33.4 Å². The van der Waals surface area contributed by atoms with Gasteiger partial charge < -0.3 is 20.1 Å². The minimum atomic E-state index is -0.586. The molecule has 0 amide bonds. The Balaban J connectivity index is 0.00000364. The highest BCUT2D eigenvalue weighted by Crippen LogP contribution is 2.29. The Morgan fingerprint density at radius 2 is 1.78 bits per heavy atom. The van der Waals surface area contributed by atoms with E-state index in [1.807, 2.05) is 13.0 Å². The lowest BCUT2D eigenvalue weighted by atomic mass is 10.0. The third-order valence-electron chi connectivity index (χ3n) is 3.94. The quantitative estimate of drug-likeness (QED) is 0.358. The highest BCUT2D eigenvalue weighted by Gasteiger charge is 2.13. The number of methoxy groups -OCH3 is 2. The van der Waals surface area contributed by atoms with Crippen molar-refractivity contribution in [3.05, 3.63) is 53.6 Å². The summed E-state index contributed by atoms with van der Waals surface area (Å²) < 4.78 is 37.4.